The third kappa shape index (κ3) is 1.30. The van der Waals surface area contributed by atoms with Crippen LogP contribution >= 0.6 is 11.3 Å². The summed E-state index contributed by atoms with van der Waals surface area (Å²) in [6.45, 7) is 0. The van der Waals surface area contributed by atoms with Crippen molar-refractivity contribution in [3.05, 3.63) is 16.6 Å². The van der Waals surface area contributed by atoms with Gasteiger partial charge < -0.3 is 5.73 Å². The number of amides is 1. The van der Waals surface area contributed by atoms with Crippen molar-refractivity contribution in [2.75, 3.05) is 0 Å². The fourth-order valence-corrected chi connectivity index (χ4v) is 6.15. The molecular weight excluding hydrogens is 244 g/mol. The average molecular weight is 262 g/mol. The zero-order valence-electron chi connectivity index (χ0n) is 10.4. The molecule has 0 spiro atoms. The molecule has 96 valence electrons. The van der Waals surface area contributed by atoms with Crippen molar-refractivity contribution in [3.63, 3.8) is 0 Å². The Labute approximate surface area is 111 Å². The summed E-state index contributed by atoms with van der Waals surface area (Å²) in [5.41, 5.74) is 5.71. The first-order valence-electron chi connectivity index (χ1n) is 6.82. The number of hydrogen-bond acceptors (Lipinski definition) is 3. The first kappa shape index (κ1) is 11.0. The van der Waals surface area contributed by atoms with Crippen LogP contribution in [-0.2, 0) is 10.2 Å². The Morgan fingerprint density at radius 2 is 2.06 bits per heavy atom. The smallest absolute Gasteiger partial charge is 0.223 e. The van der Waals surface area contributed by atoms with E-state index in [1.54, 1.807) is 11.3 Å². The quantitative estimate of drug-likeness (QED) is 0.890. The predicted molar refractivity (Wildman–Crippen MR) is 70.1 cm³/mol. The number of rotatable bonds is 2. The number of primary amides is 1. The zero-order valence-corrected chi connectivity index (χ0v) is 11.2. The van der Waals surface area contributed by atoms with Crippen LogP contribution in [0.5, 0.6) is 0 Å². The van der Waals surface area contributed by atoms with Gasteiger partial charge in [0.2, 0.25) is 5.91 Å². The summed E-state index contributed by atoms with van der Waals surface area (Å²) in [4.78, 5) is 16.5. The number of carbonyl (C=O) groups excluding carboxylic acids is 1. The van der Waals surface area contributed by atoms with E-state index >= 15 is 0 Å². The van der Waals surface area contributed by atoms with E-state index in [2.05, 4.69) is 10.4 Å². The second-order valence-electron chi connectivity index (χ2n) is 6.72. The van der Waals surface area contributed by atoms with E-state index in [-0.39, 0.29) is 16.7 Å². The monoisotopic (exact) mass is 262 g/mol. The standard InChI is InChI=1S/C14H18N2OS/c15-11(17)13-4-9-3-10(5-13)7-14(6-9,8-13)12-16-1-2-18-12/h1-2,9-10H,3-8H2,(H2,15,17). The Kier molecular flexibility index (Phi) is 2.04. The SMILES string of the molecule is NC(=O)C12CC3CC(C1)CC(c1nccs1)(C3)C2. The summed E-state index contributed by atoms with van der Waals surface area (Å²) in [5.74, 6) is 1.34. The maximum absolute atomic E-state index is 12.0. The molecule has 5 rings (SSSR count). The number of nitrogens with zero attached hydrogens (tertiary/aromatic N) is 1. The molecule has 0 aromatic carbocycles. The third-order valence-electron chi connectivity index (χ3n) is 5.47. The summed E-state index contributed by atoms with van der Waals surface area (Å²) in [7, 11) is 0. The van der Waals surface area contributed by atoms with Gasteiger partial charge in [0.1, 0.15) is 0 Å². The van der Waals surface area contributed by atoms with E-state index in [0.717, 1.165) is 19.3 Å². The fraction of sp³-hybridized carbons (Fsp3) is 0.714. The van der Waals surface area contributed by atoms with E-state index in [0.29, 0.717) is 11.8 Å². The first-order valence-corrected chi connectivity index (χ1v) is 7.70. The van der Waals surface area contributed by atoms with E-state index in [1.165, 1.54) is 24.3 Å². The molecule has 1 heterocycles. The van der Waals surface area contributed by atoms with E-state index in [4.69, 9.17) is 5.73 Å². The number of carbonyl (C=O) groups is 1. The maximum atomic E-state index is 12.0. The highest BCUT2D eigenvalue weighted by molar-refractivity contribution is 7.09. The Balaban J connectivity index is 1.81. The van der Waals surface area contributed by atoms with Crippen LogP contribution in [0.2, 0.25) is 0 Å². The van der Waals surface area contributed by atoms with Crippen LogP contribution in [0.25, 0.3) is 0 Å². The molecule has 18 heavy (non-hydrogen) atoms. The van der Waals surface area contributed by atoms with Crippen LogP contribution in [0.15, 0.2) is 11.6 Å². The molecule has 4 aliphatic rings. The predicted octanol–water partition coefficient (Wildman–Crippen LogP) is 2.47. The maximum Gasteiger partial charge on any atom is 0.223 e. The highest BCUT2D eigenvalue weighted by atomic mass is 32.1. The van der Waals surface area contributed by atoms with E-state index < -0.39 is 0 Å². The minimum atomic E-state index is -0.213. The van der Waals surface area contributed by atoms with Gasteiger partial charge in [0.25, 0.3) is 0 Å². The van der Waals surface area contributed by atoms with Crippen LogP contribution in [-0.4, -0.2) is 10.9 Å². The lowest BCUT2D eigenvalue weighted by Crippen LogP contribution is -2.58. The van der Waals surface area contributed by atoms with E-state index in [9.17, 15) is 4.79 Å². The van der Waals surface area contributed by atoms with Crippen molar-refractivity contribution in [2.24, 2.45) is 23.0 Å². The fourth-order valence-electron chi connectivity index (χ4n) is 5.29. The second kappa shape index (κ2) is 3.35. The van der Waals surface area contributed by atoms with Crippen molar-refractivity contribution in [3.8, 4) is 0 Å². The molecule has 2 atom stereocenters. The molecule has 3 nitrogen and oxygen atoms in total. The van der Waals surface area contributed by atoms with Crippen LogP contribution in [0.1, 0.15) is 43.5 Å². The highest BCUT2D eigenvalue weighted by Crippen LogP contribution is 2.65. The molecule has 0 aliphatic heterocycles. The van der Waals surface area contributed by atoms with Gasteiger partial charge >= 0.3 is 0 Å². The van der Waals surface area contributed by atoms with Gasteiger partial charge in [-0.05, 0) is 50.4 Å². The number of nitrogens with two attached hydrogens (primary N) is 1. The van der Waals surface area contributed by atoms with Gasteiger partial charge in [-0.1, -0.05) is 0 Å². The lowest BCUT2D eigenvalue weighted by molar-refractivity contribution is -0.145. The Morgan fingerprint density at radius 1 is 1.33 bits per heavy atom. The van der Waals surface area contributed by atoms with Crippen molar-refractivity contribution < 1.29 is 4.79 Å². The molecule has 2 N–H and O–H groups in total. The van der Waals surface area contributed by atoms with Crippen LogP contribution in [0.4, 0.5) is 0 Å². The largest absolute Gasteiger partial charge is 0.369 e. The van der Waals surface area contributed by atoms with Gasteiger partial charge in [-0.3, -0.25) is 4.79 Å². The summed E-state index contributed by atoms with van der Waals surface area (Å²) in [5, 5.41) is 3.31. The molecule has 4 bridgehead atoms. The van der Waals surface area contributed by atoms with Crippen LogP contribution in [0, 0.1) is 17.3 Å². The Bertz CT molecular complexity index is 482. The van der Waals surface area contributed by atoms with Crippen LogP contribution < -0.4 is 5.73 Å². The van der Waals surface area contributed by atoms with Crippen molar-refractivity contribution in [1.82, 2.24) is 4.98 Å². The highest BCUT2D eigenvalue weighted by Gasteiger charge is 2.61. The normalized spacial score (nSPS) is 45.3. The molecule has 2 unspecified atom stereocenters. The van der Waals surface area contributed by atoms with Gasteiger partial charge in [-0.25, -0.2) is 4.98 Å². The van der Waals surface area contributed by atoms with Gasteiger partial charge in [-0.2, -0.15) is 0 Å². The molecular formula is C14H18N2OS. The van der Waals surface area contributed by atoms with Gasteiger partial charge in [0.05, 0.1) is 10.4 Å². The molecule has 4 heteroatoms. The van der Waals surface area contributed by atoms with Gasteiger partial charge in [0.15, 0.2) is 0 Å². The second-order valence-corrected chi connectivity index (χ2v) is 7.62. The minimum Gasteiger partial charge on any atom is -0.369 e. The van der Waals surface area contributed by atoms with Crippen LogP contribution in [0.3, 0.4) is 0 Å². The van der Waals surface area contributed by atoms with E-state index in [1.807, 2.05) is 6.20 Å². The third-order valence-corrected chi connectivity index (χ3v) is 6.49. The zero-order chi connectivity index (χ0) is 12.4. The number of aromatic nitrogens is 1. The molecule has 4 saturated carbocycles. The topological polar surface area (TPSA) is 56.0 Å². The number of hydrogen-bond donors (Lipinski definition) is 1. The molecule has 0 radical (unpaired) electrons. The van der Waals surface area contributed by atoms with Crippen molar-refractivity contribution in [2.45, 2.75) is 43.9 Å². The molecule has 1 amide bonds. The molecule has 0 saturated heterocycles. The van der Waals surface area contributed by atoms with Gasteiger partial charge in [0, 0.05) is 17.0 Å². The van der Waals surface area contributed by atoms with Gasteiger partial charge in [-0.15, -0.1) is 11.3 Å². The Morgan fingerprint density at radius 3 is 2.61 bits per heavy atom. The number of thiazole rings is 1. The van der Waals surface area contributed by atoms with Crippen molar-refractivity contribution in [1.29, 1.82) is 0 Å². The lowest BCUT2D eigenvalue weighted by Gasteiger charge is -2.60. The average Bonchev–Trinajstić information content (AvgIpc) is 2.80. The summed E-state index contributed by atoms with van der Waals surface area (Å²) in [6.07, 6.45) is 8.68. The molecule has 4 aliphatic carbocycles. The lowest BCUT2D eigenvalue weighted by atomic mass is 9.44. The minimum absolute atomic E-state index is 0.0578. The molecule has 1 aromatic rings. The van der Waals surface area contributed by atoms with Crippen molar-refractivity contribution >= 4 is 17.2 Å². The summed E-state index contributed by atoms with van der Waals surface area (Å²) < 4.78 is 0. The molecule has 4 fully saturated rings. The molecule has 1 aromatic heterocycles. The Hall–Kier alpha value is -0.900. The first-order chi connectivity index (χ1) is 8.62. The summed E-state index contributed by atoms with van der Waals surface area (Å²) in [6, 6.07) is 0. The summed E-state index contributed by atoms with van der Waals surface area (Å²) >= 11 is 1.76.